The lowest BCUT2D eigenvalue weighted by Crippen LogP contribution is -2.28. The Kier molecular flexibility index (Phi) is 4.46. The van der Waals surface area contributed by atoms with Gasteiger partial charge in [-0.15, -0.1) is 11.3 Å². The number of ether oxygens (including phenoxy) is 1. The van der Waals surface area contributed by atoms with E-state index in [-0.39, 0.29) is 18.5 Å². The molecule has 2 rings (SSSR count). The van der Waals surface area contributed by atoms with E-state index in [9.17, 15) is 4.79 Å². The van der Waals surface area contributed by atoms with E-state index < -0.39 is 0 Å². The number of carbonyl (C=O) groups excluding carboxylic acids is 1. The van der Waals surface area contributed by atoms with Crippen molar-refractivity contribution in [3.8, 4) is 0 Å². The fourth-order valence-electron chi connectivity index (χ4n) is 2.72. The minimum atomic E-state index is 0.131. The maximum Gasteiger partial charge on any atom is 0.189 e. The van der Waals surface area contributed by atoms with E-state index in [2.05, 4.69) is 13.8 Å². The molecule has 0 aromatic carbocycles. The van der Waals surface area contributed by atoms with E-state index in [1.807, 2.05) is 19.9 Å². The van der Waals surface area contributed by atoms with Crippen LogP contribution in [0.5, 0.6) is 0 Å². The van der Waals surface area contributed by atoms with Gasteiger partial charge in [-0.1, -0.05) is 13.8 Å². The van der Waals surface area contributed by atoms with Gasteiger partial charge < -0.3 is 4.74 Å². The van der Waals surface area contributed by atoms with Crippen LogP contribution in [0.1, 0.15) is 59.6 Å². The van der Waals surface area contributed by atoms with Crippen molar-refractivity contribution in [1.82, 2.24) is 0 Å². The number of thiophene rings is 1. The predicted molar refractivity (Wildman–Crippen MR) is 80.1 cm³/mol. The first-order chi connectivity index (χ1) is 8.87. The maximum absolute atomic E-state index is 12.1. The standard InChI is InChI=1S/C16H24O2S/c1-11-9-14(12(2)19-11)15(17)10-18-13-5-7-16(3,4)8-6-13/h9,13H,5-8,10H2,1-4H3. The van der Waals surface area contributed by atoms with Crippen LogP contribution in [-0.4, -0.2) is 18.5 Å². The Labute approximate surface area is 120 Å². The minimum Gasteiger partial charge on any atom is -0.370 e. The summed E-state index contributed by atoms with van der Waals surface area (Å²) in [7, 11) is 0. The Morgan fingerprint density at radius 3 is 2.53 bits per heavy atom. The normalized spacial score (nSPS) is 19.6. The summed E-state index contributed by atoms with van der Waals surface area (Å²) in [4.78, 5) is 14.4. The molecular formula is C16H24O2S. The molecule has 0 amide bonds. The van der Waals surface area contributed by atoms with Gasteiger partial charge in [0.25, 0.3) is 0 Å². The smallest absolute Gasteiger partial charge is 0.189 e. The number of hydrogen-bond donors (Lipinski definition) is 0. The number of aryl methyl sites for hydroxylation is 2. The molecule has 0 atom stereocenters. The molecule has 106 valence electrons. The molecule has 1 saturated carbocycles. The van der Waals surface area contributed by atoms with E-state index in [4.69, 9.17) is 4.74 Å². The van der Waals surface area contributed by atoms with Gasteiger partial charge in [-0.3, -0.25) is 4.79 Å². The molecule has 0 N–H and O–H groups in total. The molecule has 0 spiro atoms. The molecule has 1 aromatic heterocycles. The highest BCUT2D eigenvalue weighted by atomic mass is 32.1. The summed E-state index contributed by atoms with van der Waals surface area (Å²) in [5.74, 6) is 0.131. The zero-order valence-electron chi connectivity index (χ0n) is 12.4. The molecule has 1 aromatic rings. The zero-order valence-corrected chi connectivity index (χ0v) is 13.2. The molecular weight excluding hydrogens is 256 g/mol. The lowest BCUT2D eigenvalue weighted by atomic mass is 9.76. The van der Waals surface area contributed by atoms with Crippen LogP contribution in [-0.2, 0) is 4.74 Å². The molecule has 0 aliphatic heterocycles. The Balaban J connectivity index is 1.83. The summed E-state index contributed by atoms with van der Waals surface area (Å²) in [5, 5.41) is 0. The summed E-state index contributed by atoms with van der Waals surface area (Å²) >= 11 is 1.68. The van der Waals surface area contributed by atoms with Crippen LogP contribution in [0.3, 0.4) is 0 Å². The Hall–Kier alpha value is -0.670. The molecule has 1 aliphatic carbocycles. The van der Waals surface area contributed by atoms with Crippen molar-refractivity contribution in [3.05, 3.63) is 21.4 Å². The predicted octanol–water partition coefficient (Wildman–Crippen LogP) is 4.53. The Morgan fingerprint density at radius 1 is 1.37 bits per heavy atom. The summed E-state index contributed by atoms with van der Waals surface area (Å²) in [5.41, 5.74) is 1.30. The van der Waals surface area contributed by atoms with Crippen molar-refractivity contribution >= 4 is 17.1 Å². The summed E-state index contributed by atoms with van der Waals surface area (Å²) in [6.07, 6.45) is 4.84. The van der Waals surface area contributed by atoms with Crippen LogP contribution in [0, 0.1) is 19.3 Å². The van der Waals surface area contributed by atoms with E-state index >= 15 is 0 Å². The van der Waals surface area contributed by atoms with Gasteiger partial charge in [0.2, 0.25) is 0 Å². The molecule has 1 aliphatic rings. The average molecular weight is 280 g/mol. The number of Topliss-reactive ketones (excluding diaryl/α,β-unsaturated/α-hetero) is 1. The van der Waals surface area contributed by atoms with Gasteiger partial charge in [0.1, 0.15) is 6.61 Å². The van der Waals surface area contributed by atoms with Crippen molar-refractivity contribution in [2.45, 2.75) is 59.5 Å². The van der Waals surface area contributed by atoms with E-state index in [1.165, 1.54) is 17.7 Å². The highest BCUT2D eigenvalue weighted by Crippen LogP contribution is 2.36. The first-order valence-corrected chi connectivity index (χ1v) is 7.91. The van der Waals surface area contributed by atoms with Crippen molar-refractivity contribution in [2.75, 3.05) is 6.61 Å². The molecule has 1 heterocycles. The second-order valence-electron chi connectivity index (χ2n) is 6.42. The molecule has 2 nitrogen and oxygen atoms in total. The fourth-order valence-corrected chi connectivity index (χ4v) is 3.66. The van der Waals surface area contributed by atoms with Crippen LogP contribution >= 0.6 is 11.3 Å². The minimum absolute atomic E-state index is 0.131. The lowest BCUT2D eigenvalue weighted by molar-refractivity contribution is 0.00862. The first kappa shape index (κ1) is 14.7. The number of ketones is 1. The fraction of sp³-hybridized carbons (Fsp3) is 0.688. The number of rotatable bonds is 4. The van der Waals surface area contributed by atoms with Crippen molar-refractivity contribution in [1.29, 1.82) is 0 Å². The third-order valence-corrected chi connectivity index (χ3v) is 5.04. The van der Waals surface area contributed by atoms with Crippen LogP contribution in [0.2, 0.25) is 0 Å². The average Bonchev–Trinajstić information content (AvgIpc) is 2.67. The van der Waals surface area contributed by atoms with Gasteiger partial charge in [0, 0.05) is 15.3 Å². The Morgan fingerprint density at radius 2 is 2.00 bits per heavy atom. The van der Waals surface area contributed by atoms with Crippen molar-refractivity contribution in [3.63, 3.8) is 0 Å². The SMILES string of the molecule is Cc1cc(C(=O)COC2CCC(C)(C)CC2)c(C)s1. The quantitative estimate of drug-likeness (QED) is 0.757. The van der Waals surface area contributed by atoms with Crippen LogP contribution < -0.4 is 0 Å². The summed E-state index contributed by atoms with van der Waals surface area (Å²) < 4.78 is 5.81. The number of carbonyl (C=O) groups is 1. The molecule has 19 heavy (non-hydrogen) atoms. The van der Waals surface area contributed by atoms with E-state index in [1.54, 1.807) is 11.3 Å². The largest absolute Gasteiger partial charge is 0.370 e. The highest BCUT2D eigenvalue weighted by Gasteiger charge is 2.27. The third kappa shape index (κ3) is 3.90. The van der Waals surface area contributed by atoms with Gasteiger partial charge in [-0.2, -0.15) is 0 Å². The monoisotopic (exact) mass is 280 g/mol. The summed E-state index contributed by atoms with van der Waals surface area (Å²) in [6.45, 7) is 8.91. The lowest BCUT2D eigenvalue weighted by Gasteiger charge is -2.34. The first-order valence-electron chi connectivity index (χ1n) is 7.09. The highest BCUT2D eigenvalue weighted by molar-refractivity contribution is 7.12. The molecule has 0 radical (unpaired) electrons. The summed E-state index contributed by atoms with van der Waals surface area (Å²) in [6, 6.07) is 1.98. The van der Waals surface area contributed by atoms with E-state index in [0.29, 0.717) is 5.41 Å². The zero-order chi connectivity index (χ0) is 14.0. The van der Waals surface area contributed by atoms with Crippen molar-refractivity contribution < 1.29 is 9.53 Å². The second kappa shape index (κ2) is 5.76. The third-order valence-electron chi connectivity index (χ3n) is 4.08. The van der Waals surface area contributed by atoms with Gasteiger partial charge in [-0.05, 0) is 51.0 Å². The molecule has 0 bridgehead atoms. The van der Waals surface area contributed by atoms with Gasteiger partial charge >= 0.3 is 0 Å². The molecule has 3 heteroatoms. The van der Waals surface area contributed by atoms with Gasteiger partial charge in [0.05, 0.1) is 6.10 Å². The van der Waals surface area contributed by atoms with Crippen LogP contribution in [0.25, 0.3) is 0 Å². The van der Waals surface area contributed by atoms with Crippen molar-refractivity contribution in [2.24, 2.45) is 5.41 Å². The van der Waals surface area contributed by atoms with E-state index in [0.717, 1.165) is 23.3 Å². The topological polar surface area (TPSA) is 26.3 Å². The van der Waals surface area contributed by atoms with Crippen LogP contribution in [0.4, 0.5) is 0 Å². The molecule has 0 saturated heterocycles. The van der Waals surface area contributed by atoms with Crippen LogP contribution in [0.15, 0.2) is 6.07 Å². The molecule has 0 unspecified atom stereocenters. The Bertz CT molecular complexity index is 449. The van der Waals surface area contributed by atoms with Gasteiger partial charge in [-0.25, -0.2) is 0 Å². The van der Waals surface area contributed by atoms with Gasteiger partial charge in [0.15, 0.2) is 5.78 Å². The second-order valence-corrected chi connectivity index (χ2v) is 7.89. The molecule has 1 fully saturated rings. The number of hydrogen-bond acceptors (Lipinski definition) is 3. The maximum atomic E-state index is 12.1.